The standard InChI is InChI=1S/C29H32FN9O3/c1-29(2,41)27(30)13-33-28(40)23-12-32-25(26-4-3-20-7-18(9-31)10-35-39(20)26)8-24(23)36-19-11-34-38(14-19)21-5-6-37(15-21)22-16-42-17-22/h3-4,7-8,10-12,14,21-22,27,41H,5-6,13,15-17H2,1-2H3,(H,32,36)(H,33,40)/t21-,27-/m1/s1. The summed E-state index contributed by atoms with van der Waals surface area (Å²) in [6.45, 7) is 5.79. The van der Waals surface area contributed by atoms with Gasteiger partial charge in [0, 0.05) is 25.5 Å². The fraction of sp³-hybridized carbons (Fsp3) is 0.414. The van der Waals surface area contributed by atoms with Gasteiger partial charge in [-0.25, -0.2) is 8.91 Å². The lowest BCUT2D eigenvalue weighted by Gasteiger charge is -2.34. The molecule has 0 spiro atoms. The summed E-state index contributed by atoms with van der Waals surface area (Å²) in [7, 11) is 0. The number of fused-ring (bicyclic) bond motifs is 1. The van der Waals surface area contributed by atoms with Crippen LogP contribution in [0.25, 0.3) is 16.9 Å². The van der Waals surface area contributed by atoms with E-state index in [2.05, 4.69) is 36.8 Å². The van der Waals surface area contributed by atoms with Gasteiger partial charge in [-0.1, -0.05) is 0 Å². The molecule has 1 amide bonds. The Balaban J connectivity index is 1.28. The first-order chi connectivity index (χ1) is 20.2. The molecular weight excluding hydrogens is 541 g/mol. The first kappa shape index (κ1) is 27.8. The molecule has 2 aliphatic heterocycles. The van der Waals surface area contributed by atoms with Crippen LogP contribution in [0, 0.1) is 11.3 Å². The summed E-state index contributed by atoms with van der Waals surface area (Å²) in [5.41, 5.74) is 2.10. The smallest absolute Gasteiger partial charge is 0.255 e. The van der Waals surface area contributed by atoms with Crippen molar-refractivity contribution in [1.82, 2.24) is 34.6 Å². The van der Waals surface area contributed by atoms with Gasteiger partial charge in [-0.15, -0.1) is 0 Å². The second-order valence-electron chi connectivity index (χ2n) is 11.3. The Labute approximate surface area is 241 Å². The first-order valence-electron chi connectivity index (χ1n) is 13.9. The number of nitrogens with one attached hydrogen (secondary N) is 2. The van der Waals surface area contributed by atoms with E-state index in [1.54, 1.807) is 22.8 Å². The van der Waals surface area contributed by atoms with Gasteiger partial charge in [0.1, 0.15) is 12.2 Å². The van der Waals surface area contributed by atoms with Crippen LogP contribution in [0.5, 0.6) is 0 Å². The van der Waals surface area contributed by atoms with Crippen molar-refractivity contribution in [2.75, 3.05) is 38.2 Å². The number of nitriles is 1. The van der Waals surface area contributed by atoms with Crippen molar-refractivity contribution >= 4 is 22.8 Å². The van der Waals surface area contributed by atoms with E-state index in [-0.39, 0.29) is 18.2 Å². The highest BCUT2D eigenvalue weighted by Crippen LogP contribution is 2.30. The summed E-state index contributed by atoms with van der Waals surface area (Å²) in [5, 5.41) is 34.0. The molecule has 0 aliphatic carbocycles. The minimum atomic E-state index is -1.66. The number of pyridine rings is 1. The quantitative estimate of drug-likeness (QED) is 0.275. The van der Waals surface area contributed by atoms with Gasteiger partial charge in [0.25, 0.3) is 5.91 Å². The van der Waals surface area contributed by atoms with Crippen LogP contribution in [0.3, 0.4) is 0 Å². The van der Waals surface area contributed by atoms with E-state index in [0.717, 1.165) is 38.2 Å². The lowest BCUT2D eigenvalue weighted by Crippen LogP contribution is -2.47. The Morgan fingerprint density at radius 1 is 1.24 bits per heavy atom. The van der Waals surface area contributed by atoms with Gasteiger partial charge >= 0.3 is 0 Å². The largest absolute Gasteiger partial charge is 0.387 e. The number of aromatic nitrogens is 5. The molecule has 0 unspecified atom stereocenters. The average Bonchev–Trinajstić information content (AvgIpc) is 3.69. The van der Waals surface area contributed by atoms with Crippen molar-refractivity contribution in [2.45, 2.75) is 44.1 Å². The number of likely N-dealkylation sites (tertiary alicyclic amines) is 1. The summed E-state index contributed by atoms with van der Waals surface area (Å²) < 4.78 is 23.3. The molecule has 2 fully saturated rings. The maximum absolute atomic E-state index is 14.4. The van der Waals surface area contributed by atoms with E-state index in [9.17, 15) is 19.6 Å². The van der Waals surface area contributed by atoms with Crippen molar-refractivity contribution in [1.29, 1.82) is 5.26 Å². The molecule has 4 aromatic rings. The predicted molar refractivity (Wildman–Crippen MR) is 152 cm³/mol. The Bertz CT molecular complexity index is 1650. The predicted octanol–water partition coefficient (Wildman–Crippen LogP) is 2.69. The number of alkyl halides is 1. The molecule has 218 valence electrons. The lowest BCUT2D eigenvalue weighted by molar-refractivity contribution is -0.0579. The molecule has 13 heteroatoms. The maximum Gasteiger partial charge on any atom is 0.255 e. The fourth-order valence-corrected chi connectivity index (χ4v) is 5.17. The number of anilines is 2. The molecule has 2 aliphatic rings. The van der Waals surface area contributed by atoms with Gasteiger partial charge in [-0.05, 0) is 44.5 Å². The van der Waals surface area contributed by atoms with Crippen LogP contribution < -0.4 is 10.6 Å². The average molecular weight is 574 g/mol. The molecule has 0 radical (unpaired) electrons. The van der Waals surface area contributed by atoms with E-state index in [1.807, 2.05) is 23.0 Å². The van der Waals surface area contributed by atoms with Gasteiger partial charge in [0.05, 0.1) is 89.2 Å². The number of ether oxygens (including phenoxy) is 1. The van der Waals surface area contributed by atoms with Gasteiger partial charge in [0.2, 0.25) is 0 Å². The van der Waals surface area contributed by atoms with E-state index in [1.165, 1.54) is 26.2 Å². The normalized spacial score (nSPS) is 18.5. The summed E-state index contributed by atoms with van der Waals surface area (Å²) in [5.74, 6) is -0.540. The van der Waals surface area contributed by atoms with Crippen molar-refractivity contribution in [3.05, 3.63) is 60.2 Å². The fourth-order valence-electron chi connectivity index (χ4n) is 5.17. The number of halogens is 1. The van der Waals surface area contributed by atoms with Crippen molar-refractivity contribution in [2.24, 2.45) is 0 Å². The molecule has 0 saturated carbocycles. The Kier molecular flexibility index (Phi) is 7.36. The second kappa shape index (κ2) is 11.1. The Morgan fingerprint density at radius 3 is 2.81 bits per heavy atom. The number of hydrogen-bond donors (Lipinski definition) is 3. The highest BCUT2D eigenvalue weighted by Gasteiger charge is 2.33. The highest BCUT2D eigenvalue weighted by atomic mass is 19.1. The van der Waals surface area contributed by atoms with Gasteiger partial charge in [0.15, 0.2) is 0 Å². The number of nitrogens with zero attached hydrogens (tertiary/aromatic N) is 7. The Hall–Kier alpha value is -4.38. The summed E-state index contributed by atoms with van der Waals surface area (Å²) >= 11 is 0. The van der Waals surface area contributed by atoms with Gasteiger partial charge in [-0.2, -0.15) is 15.5 Å². The second-order valence-corrected chi connectivity index (χ2v) is 11.3. The van der Waals surface area contributed by atoms with Crippen molar-refractivity contribution in [3.8, 4) is 17.5 Å². The zero-order valence-electron chi connectivity index (χ0n) is 23.4. The van der Waals surface area contributed by atoms with Crippen LogP contribution in [0.4, 0.5) is 15.8 Å². The zero-order valence-corrected chi connectivity index (χ0v) is 23.4. The van der Waals surface area contributed by atoms with E-state index in [0.29, 0.717) is 34.4 Å². The molecule has 3 N–H and O–H groups in total. The molecule has 4 aromatic heterocycles. The number of rotatable bonds is 9. The molecule has 12 nitrogen and oxygen atoms in total. The monoisotopic (exact) mass is 573 g/mol. The third-order valence-corrected chi connectivity index (χ3v) is 7.84. The number of aliphatic hydroxyl groups is 1. The summed E-state index contributed by atoms with van der Waals surface area (Å²) in [4.78, 5) is 20.1. The molecule has 2 atom stereocenters. The zero-order chi connectivity index (χ0) is 29.4. The van der Waals surface area contributed by atoms with Crippen LogP contribution in [-0.4, -0.2) is 91.0 Å². The summed E-state index contributed by atoms with van der Waals surface area (Å²) in [6, 6.07) is 9.92. The highest BCUT2D eigenvalue weighted by molar-refractivity contribution is 6.00. The van der Waals surface area contributed by atoms with Crippen molar-refractivity contribution in [3.63, 3.8) is 0 Å². The number of amides is 1. The van der Waals surface area contributed by atoms with E-state index in [4.69, 9.17) is 4.74 Å². The molecule has 6 heterocycles. The molecule has 6 rings (SSSR count). The van der Waals surface area contributed by atoms with Crippen LogP contribution in [0.1, 0.15) is 42.2 Å². The SMILES string of the molecule is CC(C)(O)[C@H](F)CNC(=O)c1cnc(-c2ccc3cc(C#N)cnn23)cc1Nc1cnn([C@@H]2CCN(C3COC3)C2)c1. The van der Waals surface area contributed by atoms with E-state index >= 15 is 0 Å². The minimum Gasteiger partial charge on any atom is -0.387 e. The molecular formula is C29H32FN9O3. The number of carbonyl (C=O) groups excluding carboxylic acids is 1. The first-order valence-corrected chi connectivity index (χ1v) is 13.9. The van der Waals surface area contributed by atoms with Crippen molar-refractivity contribution < 1.29 is 19.0 Å². The van der Waals surface area contributed by atoms with Crippen LogP contribution in [0.15, 0.2) is 49.1 Å². The van der Waals surface area contributed by atoms with Crippen LogP contribution >= 0.6 is 0 Å². The van der Waals surface area contributed by atoms with Gasteiger partial charge < -0.3 is 20.5 Å². The third kappa shape index (κ3) is 5.56. The molecule has 0 aromatic carbocycles. The number of hydrogen-bond acceptors (Lipinski definition) is 9. The maximum atomic E-state index is 14.4. The van der Waals surface area contributed by atoms with Gasteiger partial charge in [-0.3, -0.25) is 19.4 Å². The van der Waals surface area contributed by atoms with E-state index < -0.39 is 17.7 Å². The number of carbonyl (C=O) groups is 1. The topological polar surface area (TPSA) is 146 Å². The Morgan fingerprint density at radius 2 is 2.07 bits per heavy atom. The van der Waals surface area contributed by atoms with Crippen LogP contribution in [0.2, 0.25) is 0 Å². The molecule has 42 heavy (non-hydrogen) atoms. The van der Waals surface area contributed by atoms with Crippen LogP contribution in [-0.2, 0) is 4.74 Å². The minimum absolute atomic E-state index is 0.201. The third-order valence-electron chi connectivity index (χ3n) is 7.84. The summed E-state index contributed by atoms with van der Waals surface area (Å²) in [6.07, 6.45) is 5.85. The lowest BCUT2D eigenvalue weighted by atomic mass is 10.0. The molecule has 2 saturated heterocycles. The molecule has 0 bridgehead atoms.